The SMILES string of the molecule is CCC(C(=O)NC1CCN(c2nc3ccccc3n2C(C)C)CC1)c1ccccc1. The predicted octanol–water partition coefficient (Wildman–Crippen LogP) is 4.90. The summed E-state index contributed by atoms with van der Waals surface area (Å²) in [7, 11) is 0. The average Bonchev–Trinajstić information content (AvgIpc) is 3.15. The summed E-state index contributed by atoms with van der Waals surface area (Å²) in [4.78, 5) is 20.2. The van der Waals surface area contributed by atoms with Crippen LogP contribution in [0.15, 0.2) is 54.6 Å². The number of rotatable bonds is 6. The number of benzene rings is 2. The number of amides is 1. The van der Waals surface area contributed by atoms with Gasteiger partial charge in [-0.3, -0.25) is 4.79 Å². The fourth-order valence-electron chi connectivity index (χ4n) is 4.55. The first-order valence-corrected chi connectivity index (χ1v) is 11.2. The van der Waals surface area contributed by atoms with Crippen LogP contribution in [0.5, 0.6) is 0 Å². The number of piperidine rings is 1. The standard InChI is InChI=1S/C25H32N4O/c1-4-21(19-10-6-5-7-11-19)24(30)26-20-14-16-28(17-15-20)25-27-22-12-8-9-13-23(22)29(25)18(2)3/h5-13,18,20-21H,4,14-17H2,1-3H3,(H,26,30). The second-order valence-electron chi connectivity index (χ2n) is 8.51. The maximum Gasteiger partial charge on any atom is 0.227 e. The molecule has 1 atom stereocenters. The maximum absolute atomic E-state index is 12.9. The Bertz CT molecular complexity index is 987. The lowest BCUT2D eigenvalue weighted by Gasteiger charge is -2.34. The lowest BCUT2D eigenvalue weighted by Crippen LogP contribution is -2.46. The van der Waals surface area contributed by atoms with E-state index < -0.39 is 0 Å². The van der Waals surface area contributed by atoms with Crippen molar-refractivity contribution in [3.05, 3.63) is 60.2 Å². The van der Waals surface area contributed by atoms with Gasteiger partial charge in [0.25, 0.3) is 0 Å². The molecule has 1 saturated heterocycles. The Morgan fingerprint density at radius 1 is 1.07 bits per heavy atom. The summed E-state index contributed by atoms with van der Waals surface area (Å²) in [5.74, 6) is 1.12. The monoisotopic (exact) mass is 404 g/mol. The quantitative estimate of drug-likeness (QED) is 0.636. The van der Waals surface area contributed by atoms with E-state index in [0.29, 0.717) is 6.04 Å². The van der Waals surface area contributed by atoms with Crippen molar-refractivity contribution in [2.75, 3.05) is 18.0 Å². The summed E-state index contributed by atoms with van der Waals surface area (Å²) in [6.07, 6.45) is 2.70. The molecule has 2 aromatic carbocycles. The molecule has 1 aliphatic rings. The summed E-state index contributed by atoms with van der Waals surface area (Å²) < 4.78 is 2.33. The minimum Gasteiger partial charge on any atom is -0.353 e. The van der Waals surface area contributed by atoms with Gasteiger partial charge in [0.15, 0.2) is 0 Å². The summed E-state index contributed by atoms with van der Waals surface area (Å²) in [5.41, 5.74) is 3.33. The fraction of sp³-hybridized carbons (Fsp3) is 0.440. The fourth-order valence-corrected chi connectivity index (χ4v) is 4.55. The van der Waals surface area contributed by atoms with Gasteiger partial charge in [0, 0.05) is 25.2 Å². The van der Waals surface area contributed by atoms with Crippen molar-refractivity contribution in [2.45, 2.75) is 58.0 Å². The Morgan fingerprint density at radius 3 is 2.40 bits per heavy atom. The zero-order valence-electron chi connectivity index (χ0n) is 18.2. The highest BCUT2D eigenvalue weighted by Gasteiger charge is 2.27. The molecule has 0 bridgehead atoms. The number of imidazole rings is 1. The first kappa shape index (κ1) is 20.5. The second kappa shape index (κ2) is 8.90. The molecule has 1 aromatic heterocycles. The topological polar surface area (TPSA) is 50.2 Å². The molecule has 3 aromatic rings. The van der Waals surface area contributed by atoms with E-state index in [1.165, 1.54) is 5.52 Å². The van der Waals surface area contributed by atoms with Gasteiger partial charge in [-0.15, -0.1) is 0 Å². The van der Waals surface area contributed by atoms with Crippen molar-refractivity contribution in [3.63, 3.8) is 0 Å². The molecule has 5 nitrogen and oxygen atoms in total. The molecule has 0 spiro atoms. The van der Waals surface area contributed by atoms with Crippen LogP contribution >= 0.6 is 0 Å². The van der Waals surface area contributed by atoms with E-state index >= 15 is 0 Å². The van der Waals surface area contributed by atoms with E-state index in [4.69, 9.17) is 4.98 Å². The van der Waals surface area contributed by atoms with Crippen molar-refractivity contribution in [1.82, 2.24) is 14.9 Å². The summed E-state index contributed by atoms with van der Waals surface area (Å²) >= 11 is 0. The Kier molecular flexibility index (Phi) is 6.07. The number of hydrogen-bond donors (Lipinski definition) is 1. The van der Waals surface area contributed by atoms with Crippen LogP contribution in [0.1, 0.15) is 57.6 Å². The highest BCUT2D eigenvalue weighted by molar-refractivity contribution is 5.84. The van der Waals surface area contributed by atoms with Crippen LogP contribution in [-0.2, 0) is 4.79 Å². The van der Waals surface area contributed by atoms with E-state index in [1.807, 2.05) is 36.4 Å². The largest absolute Gasteiger partial charge is 0.353 e. The van der Waals surface area contributed by atoms with Gasteiger partial charge in [0.1, 0.15) is 0 Å². The van der Waals surface area contributed by atoms with Crippen LogP contribution in [-0.4, -0.2) is 34.6 Å². The van der Waals surface area contributed by atoms with Gasteiger partial charge in [-0.1, -0.05) is 49.4 Å². The van der Waals surface area contributed by atoms with E-state index in [2.05, 4.69) is 53.8 Å². The van der Waals surface area contributed by atoms with Gasteiger partial charge in [-0.25, -0.2) is 4.98 Å². The number of carbonyl (C=O) groups is 1. The van der Waals surface area contributed by atoms with Crippen LogP contribution in [0.3, 0.4) is 0 Å². The Balaban J connectivity index is 1.43. The minimum atomic E-state index is -0.0747. The van der Waals surface area contributed by atoms with Gasteiger partial charge in [-0.2, -0.15) is 0 Å². The highest BCUT2D eigenvalue weighted by atomic mass is 16.1. The number of para-hydroxylation sites is 2. The summed E-state index contributed by atoms with van der Waals surface area (Å²) in [6, 6.07) is 19.0. The van der Waals surface area contributed by atoms with Crippen molar-refractivity contribution in [1.29, 1.82) is 0 Å². The molecule has 1 fully saturated rings. The van der Waals surface area contributed by atoms with Gasteiger partial charge in [0.05, 0.1) is 17.0 Å². The van der Waals surface area contributed by atoms with E-state index in [-0.39, 0.29) is 17.9 Å². The van der Waals surface area contributed by atoms with Crippen LogP contribution in [0.4, 0.5) is 5.95 Å². The first-order chi connectivity index (χ1) is 14.6. The van der Waals surface area contributed by atoms with Gasteiger partial charge >= 0.3 is 0 Å². The Labute approximate surface area is 179 Å². The molecule has 0 radical (unpaired) electrons. The zero-order valence-corrected chi connectivity index (χ0v) is 18.2. The molecule has 1 aliphatic heterocycles. The number of anilines is 1. The number of hydrogen-bond acceptors (Lipinski definition) is 3. The molecule has 5 heteroatoms. The van der Waals surface area contributed by atoms with Crippen molar-refractivity contribution >= 4 is 22.9 Å². The Morgan fingerprint density at radius 2 is 1.73 bits per heavy atom. The highest BCUT2D eigenvalue weighted by Crippen LogP contribution is 2.29. The lowest BCUT2D eigenvalue weighted by atomic mass is 9.94. The molecule has 4 rings (SSSR count). The molecule has 30 heavy (non-hydrogen) atoms. The van der Waals surface area contributed by atoms with Crippen LogP contribution in [0.2, 0.25) is 0 Å². The number of carbonyl (C=O) groups excluding carboxylic acids is 1. The van der Waals surface area contributed by atoms with Crippen molar-refractivity contribution < 1.29 is 4.79 Å². The van der Waals surface area contributed by atoms with Crippen molar-refractivity contribution in [3.8, 4) is 0 Å². The van der Waals surface area contributed by atoms with E-state index in [0.717, 1.165) is 49.4 Å². The maximum atomic E-state index is 12.9. The molecule has 0 saturated carbocycles. The third-order valence-corrected chi connectivity index (χ3v) is 6.14. The molecular formula is C25H32N4O. The number of nitrogens with one attached hydrogen (secondary N) is 1. The minimum absolute atomic E-state index is 0.0747. The molecule has 0 aliphatic carbocycles. The van der Waals surface area contributed by atoms with Crippen molar-refractivity contribution in [2.24, 2.45) is 0 Å². The summed E-state index contributed by atoms with van der Waals surface area (Å²) in [6.45, 7) is 8.31. The predicted molar refractivity (Wildman–Crippen MR) is 123 cm³/mol. The zero-order chi connectivity index (χ0) is 21.1. The van der Waals surface area contributed by atoms with Crippen LogP contribution in [0, 0.1) is 0 Å². The van der Waals surface area contributed by atoms with Gasteiger partial charge in [-0.05, 0) is 50.8 Å². The normalized spacial score (nSPS) is 16.2. The van der Waals surface area contributed by atoms with Gasteiger partial charge < -0.3 is 14.8 Å². The Hall–Kier alpha value is -2.82. The van der Waals surface area contributed by atoms with Crippen LogP contribution < -0.4 is 10.2 Å². The third-order valence-electron chi connectivity index (χ3n) is 6.14. The smallest absolute Gasteiger partial charge is 0.227 e. The second-order valence-corrected chi connectivity index (χ2v) is 8.51. The lowest BCUT2D eigenvalue weighted by molar-refractivity contribution is -0.123. The molecule has 2 heterocycles. The summed E-state index contributed by atoms with van der Waals surface area (Å²) in [5, 5.41) is 3.31. The molecule has 1 N–H and O–H groups in total. The molecular weight excluding hydrogens is 372 g/mol. The number of nitrogens with zero attached hydrogens (tertiary/aromatic N) is 3. The van der Waals surface area contributed by atoms with Gasteiger partial charge in [0.2, 0.25) is 11.9 Å². The average molecular weight is 405 g/mol. The molecule has 1 unspecified atom stereocenters. The number of fused-ring (bicyclic) bond motifs is 1. The first-order valence-electron chi connectivity index (χ1n) is 11.2. The number of aromatic nitrogens is 2. The molecule has 158 valence electrons. The molecule has 1 amide bonds. The van der Waals surface area contributed by atoms with E-state index in [9.17, 15) is 4.79 Å². The third kappa shape index (κ3) is 4.07. The van der Waals surface area contributed by atoms with E-state index in [1.54, 1.807) is 0 Å². The van der Waals surface area contributed by atoms with Crippen LogP contribution in [0.25, 0.3) is 11.0 Å².